The molecule has 0 spiro atoms. The number of likely N-dealkylation sites (N-methyl/N-ethyl adjacent to an activating group) is 1. The molecule has 1 unspecified atom stereocenters. The van der Waals surface area contributed by atoms with Crippen molar-refractivity contribution in [3.8, 4) is 0 Å². The Kier molecular flexibility index (Phi) is 5.43. The van der Waals surface area contributed by atoms with Gasteiger partial charge in [-0.05, 0) is 18.2 Å². The highest BCUT2D eigenvalue weighted by Crippen LogP contribution is 2.18. The van der Waals surface area contributed by atoms with E-state index in [9.17, 15) is 14.4 Å². The van der Waals surface area contributed by atoms with Gasteiger partial charge >= 0.3 is 0 Å². The molecule has 1 fully saturated rings. The zero-order valence-corrected chi connectivity index (χ0v) is 14.6. The van der Waals surface area contributed by atoms with Crippen molar-refractivity contribution < 1.29 is 14.4 Å². The Labute approximate surface area is 142 Å². The number of nitrogens with zero attached hydrogens (tertiary/aromatic N) is 3. The average molecular weight is 332 g/mol. The smallest absolute Gasteiger partial charge is 0.254 e. The predicted octanol–water partition coefficient (Wildman–Crippen LogP) is 0.172. The fraction of sp³-hybridized carbons (Fsp3) is 0.471. The Morgan fingerprint density at radius 2 is 1.92 bits per heavy atom. The second-order valence-electron chi connectivity index (χ2n) is 6.04. The van der Waals surface area contributed by atoms with E-state index in [4.69, 9.17) is 0 Å². The summed E-state index contributed by atoms with van der Waals surface area (Å²) in [4.78, 5) is 41.8. The summed E-state index contributed by atoms with van der Waals surface area (Å²) in [5, 5.41) is 2.58. The summed E-state index contributed by atoms with van der Waals surface area (Å²) in [6.07, 6.45) is 0. The molecule has 130 valence electrons. The van der Waals surface area contributed by atoms with Crippen LogP contribution < -0.4 is 10.2 Å². The van der Waals surface area contributed by atoms with Crippen LogP contribution in [0.2, 0.25) is 0 Å². The van der Waals surface area contributed by atoms with Gasteiger partial charge in [0.25, 0.3) is 5.91 Å². The second-order valence-corrected chi connectivity index (χ2v) is 6.04. The van der Waals surface area contributed by atoms with Gasteiger partial charge in [-0.2, -0.15) is 0 Å². The largest absolute Gasteiger partial charge is 0.378 e. The van der Waals surface area contributed by atoms with Crippen molar-refractivity contribution in [1.29, 1.82) is 0 Å². The maximum absolute atomic E-state index is 12.9. The van der Waals surface area contributed by atoms with Gasteiger partial charge in [-0.1, -0.05) is 6.07 Å². The van der Waals surface area contributed by atoms with Crippen molar-refractivity contribution in [2.75, 3.05) is 45.7 Å². The molecule has 7 nitrogen and oxygen atoms in total. The quantitative estimate of drug-likeness (QED) is 0.856. The van der Waals surface area contributed by atoms with E-state index >= 15 is 0 Å². The van der Waals surface area contributed by atoms with E-state index in [1.165, 1.54) is 14.0 Å². The molecule has 0 aliphatic carbocycles. The van der Waals surface area contributed by atoms with E-state index in [0.717, 1.165) is 5.69 Å². The van der Waals surface area contributed by atoms with Crippen molar-refractivity contribution in [3.63, 3.8) is 0 Å². The molecule has 24 heavy (non-hydrogen) atoms. The fourth-order valence-corrected chi connectivity index (χ4v) is 2.79. The third-order valence-electron chi connectivity index (χ3n) is 4.25. The average Bonchev–Trinajstić information content (AvgIpc) is 2.59. The van der Waals surface area contributed by atoms with Crippen LogP contribution in [0.25, 0.3) is 0 Å². The Morgan fingerprint density at radius 1 is 1.21 bits per heavy atom. The first-order valence-corrected chi connectivity index (χ1v) is 7.90. The first-order valence-electron chi connectivity index (χ1n) is 7.90. The summed E-state index contributed by atoms with van der Waals surface area (Å²) < 4.78 is 0. The molecule has 1 saturated heterocycles. The highest BCUT2D eigenvalue weighted by Gasteiger charge is 2.36. The van der Waals surface area contributed by atoms with Gasteiger partial charge in [-0.25, -0.2) is 0 Å². The maximum Gasteiger partial charge on any atom is 0.254 e. The minimum atomic E-state index is -0.678. The number of hydrogen-bond donors (Lipinski definition) is 1. The molecule has 3 amide bonds. The summed E-state index contributed by atoms with van der Waals surface area (Å²) in [5.41, 5.74) is 1.45. The SMILES string of the molecule is CNC(=O)C1CN(C(C)=O)CCN1C(=O)c1cccc(N(C)C)c1. The number of nitrogens with one attached hydrogen (secondary N) is 1. The van der Waals surface area contributed by atoms with Gasteiger partial charge in [0.2, 0.25) is 11.8 Å². The monoisotopic (exact) mass is 332 g/mol. The lowest BCUT2D eigenvalue weighted by Crippen LogP contribution is -2.61. The molecule has 1 aromatic rings. The van der Waals surface area contributed by atoms with Gasteiger partial charge in [-0.15, -0.1) is 0 Å². The summed E-state index contributed by atoms with van der Waals surface area (Å²) in [6, 6.07) is 6.61. The molecule has 1 aliphatic heterocycles. The lowest BCUT2D eigenvalue weighted by atomic mass is 10.1. The lowest BCUT2D eigenvalue weighted by Gasteiger charge is -2.40. The summed E-state index contributed by atoms with van der Waals surface area (Å²) in [7, 11) is 5.34. The molecule has 0 aromatic heterocycles. The third kappa shape index (κ3) is 3.67. The zero-order valence-electron chi connectivity index (χ0n) is 14.6. The van der Waals surface area contributed by atoms with Crippen molar-refractivity contribution in [1.82, 2.24) is 15.1 Å². The van der Waals surface area contributed by atoms with Crippen molar-refractivity contribution in [3.05, 3.63) is 29.8 Å². The first-order chi connectivity index (χ1) is 11.3. The number of anilines is 1. The molecule has 1 N–H and O–H groups in total. The van der Waals surface area contributed by atoms with Crippen LogP contribution in [0.1, 0.15) is 17.3 Å². The molecule has 0 saturated carbocycles. The molecule has 0 radical (unpaired) electrons. The minimum Gasteiger partial charge on any atom is -0.378 e. The van der Waals surface area contributed by atoms with Crippen LogP contribution in [0.5, 0.6) is 0 Å². The number of piperazine rings is 1. The summed E-state index contributed by atoms with van der Waals surface area (Å²) in [6.45, 7) is 2.46. The molecule has 7 heteroatoms. The first kappa shape index (κ1) is 17.8. The third-order valence-corrected chi connectivity index (χ3v) is 4.25. The number of carbonyl (C=O) groups is 3. The van der Waals surface area contributed by atoms with Gasteiger partial charge in [-0.3, -0.25) is 14.4 Å². The Bertz CT molecular complexity index is 644. The van der Waals surface area contributed by atoms with Crippen LogP contribution in [0.3, 0.4) is 0 Å². The van der Waals surface area contributed by atoms with Gasteiger partial charge < -0.3 is 20.0 Å². The van der Waals surface area contributed by atoms with Gasteiger partial charge in [0.15, 0.2) is 0 Å². The highest BCUT2D eigenvalue weighted by molar-refractivity contribution is 5.98. The maximum atomic E-state index is 12.9. The van der Waals surface area contributed by atoms with Crippen LogP contribution in [-0.2, 0) is 9.59 Å². The number of hydrogen-bond acceptors (Lipinski definition) is 4. The molecule has 1 heterocycles. The van der Waals surface area contributed by atoms with Crippen LogP contribution in [-0.4, -0.2) is 74.3 Å². The Balaban J connectivity index is 2.27. The van der Waals surface area contributed by atoms with E-state index < -0.39 is 6.04 Å². The summed E-state index contributed by atoms with van der Waals surface area (Å²) >= 11 is 0. The van der Waals surface area contributed by atoms with E-state index in [1.54, 1.807) is 21.9 Å². The fourth-order valence-electron chi connectivity index (χ4n) is 2.79. The number of amides is 3. The molecule has 1 aromatic carbocycles. The van der Waals surface area contributed by atoms with Gasteiger partial charge in [0, 0.05) is 52.4 Å². The van der Waals surface area contributed by atoms with Crippen molar-refractivity contribution in [2.24, 2.45) is 0 Å². The van der Waals surface area contributed by atoms with Crippen LogP contribution >= 0.6 is 0 Å². The predicted molar refractivity (Wildman–Crippen MR) is 91.9 cm³/mol. The number of benzene rings is 1. The van der Waals surface area contributed by atoms with Crippen LogP contribution in [0, 0.1) is 0 Å². The Hall–Kier alpha value is -2.57. The van der Waals surface area contributed by atoms with Gasteiger partial charge in [0.1, 0.15) is 6.04 Å². The Morgan fingerprint density at radius 3 is 2.50 bits per heavy atom. The topological polar surface area (TPSA) is 73.0 Å². The van der Waals surface area contributed by atoms with Gasteiger partial charge in [0.05, 0.1) is 6.54 Å². The van der Waals surface area contributed by atoms with Crippen LogP contribution in [0.15, 0.2) is 24.3 Å². The molecule has 0 bridgehead atoms. The zero-order chi connectivity index (χ0) is 17.9. The van der Waals surface area contributed by atoms with Crippen molar-refractivity contribution >= 4 is 23.4 Å². The summed E-state index contributed by atoms with van der Waals surface area (Å²) in [5.74, 6) is -0.556. The van der Waals surface area contributed by atoms with Crippen molar-refractivity contribution in [2.45, 2.75) is 13.0 Å². The number of rotatable bonds is 3. The molecular weight excluding hydrogens is 308 g/mol. The normalized spacial score (nSPS) is 17.4. The lowest BCUT2D eigenvalue weighted by molar-refractivity contribution is -0.135. The van der Waals surface area contributed by atoms with Crippen LogP contribution in [0.4, 0.5) is 5.69 Å². The molecule has 2 rings (SSSR count). The van der Waals surface area contributed by atoms with E-state index in [0.29, 0.717) is 18.7 Å². The number of carbonyl (C=O) groups excluding carboxylic acids is 3. The molecular formula is C17H24N4O3. The van der Waals surface area contributed by atoms with E-state index in [1.807, 2.05) is 31.1 Å². The minimum absolute atomic E-state index is 0.0920. The molecule has 1 aliphatic rings. The van der Waals surface area contributed by atoms with E-state index in [-0.39, 0.29) is 24.3 Å². The van der Waals surface area contributed by atoms with E-state index in [2.05, 4.69) is 5.32 Å². The standard InChI is InChI=1S/C17H24N4O3/c1-12(22)20-8-9-21(15(11-20)16(23)18-2)17(24)13-6-5-7-14(10-13)19(3)4/h5-7,10,15H,8-9,11H2,1-4H3,(H,18,23). The molecule has 1 atom stereocenters. The second kappa shape index (κ2) is 7.33. The highest BCUT2D eigenvalue weighted by atomic mass is 16.2.